The largest absolute Gasteiger partial charge is 0.479 e. The molecule has 0 saturated heterocycles. The molecule has 0 spiro atoms. The Morgan fingerprint density at radius 2 is 1.79 bits per heavy atom. The van der Waals surface area contributed by atoms with Crippen LogP contribution in [0.3, 0.4) is 0 Å². The third-order valence-corrected chi connectivity index (χ3v) is 6.57. The van der Waals surface area contributed by atoms with Gasteiger partial charge in [-0.05, 0) is 41.0 Å². The van der Waals surface area contributed by atoms with Crippen molar-refractivity contribution in [3.8, 4) is 0 Å². The van der Waals surface area contributed by atoms with Crippen LogP contribution in [0.5, 0.6) is 0 Å². The van der Waals surface area contributed by atoms with Crippen LogP contribution in [0.4, 0.5) is 0 Å². The van der Waals surface area contributed by atoms with Crippen molar-refractivity contribution < 1.29 is 19.5 Å². The van der Waals surface area contributed by atoms with E-state index in [0.717, 1.165) is 12.0 Å². The summed E-state index contributed by atoms with van der Waals surface area (Å²) in [4.78, 5) is 41.7. The number of fused-ring (bicyclic) bond motifs is 2. The lowest BCUT2D eigenvalue weighted by Gasteiger charge is -2.35. The molecule has 6 nitrogen and oxygen atoms in total. The normalized spacial score (nSPS) is 18.4. The molecule has 28 heavy (non-hydrogen) atoms. The summed E-state index contributed by atoms with van der Waals surface area (Å²) < 4.78 is 0. The first-order valence-corrected chi connectivity index (χ1v) is 10.4. The Kier molecular flexibility index (Phi) is 5.17. The topological polar surface area (TPSA) is 77.9 Å². The van der Waals surface area contributed by atoms with Gasteiger partial charge < -0.3 is 14.9 Å². The van der Waals surface area contributed by atoms with Gasteiger partial charge in [0.2, 0.25) is 11.8 Å². The molecular weight excluding hydrogens is 376 g/mol. The van der Waals surface area contributed by atoms with Crippen LogP contribution in [0.1, 0.15) is 40.5 Å². The standard InChI is InChI=1S/C21H22N2O4S/c24-18(22-10-8-17-15(13-22)9-12-28-17)5-6-19(25)23-11-7-14-3-1-2-4-16(14)20(23)21(26)27/h1-4,9,12,20H,5-8,10-11,13H2,(H,26,27). The van der Waals surface area contributed by atoms with Crippen molar-refractivity contribution in [3.05, 3.63) is 57.3 Å². The molecule has 2 aliphatic heterocycles. The lowest BCUT2D eigenvalue weighted by Crippen LogP contribution is -2.44. The van der Waals surface area contributed by atoms with Crippen molar-refractivity contribution in [1.29, 1.82) is 0 Å². The number of hydrogen-bond donors (Lipinski definition) is 1. The van der Waals surface area contributed by atoms with E-state index >= 15 is 0 Å². The first-order valence-electron chi connectivity index (χ1n) is 9.47. The summed E-state index contributed by atoms with van der Waals surface area (Å²) in [5.74, 6) is -1.36. The fourth-order valence-corrected chi connectivity index (χ4v) is 4.97. The van der Waals surface area contributed by atoms with E-state index in [0.29, 0.717) is 31.6 Å². The number of aliphatic carboxylic acids is 1. The summed E-state index contributed by atoms with van der Waals surface area (Å²) in [7, 11) is 0. The van der Waals surface area contributed by atoms with E-state index in [4.69, 9.17) is 0 Å². The molecular formula is C21H22N2O4S. The molecule has 3 heterocycles. The molecule has 2 amide bonds. The molecule has 0 radical (unpaired) electrons. The number of amides is 2. The van der Waals surface area contributed by atoms with Crippen LogP contribution in [0.15, 0.2) is 35.7 Å². The lowest BCUT2D eigenvalue weighted by molar-refractivity contribution is -0.151. The maximum atomic E-state index is 12.8. The highest BCUT2D eigenvalue weighted by Gasteiger charge is 2.35. The van der Waals surface area contributed by atoms with Gasteiger partial charge in [0, 0.05) is 37.4 Å². The van der Waals surface area contributed by atoms with Gasteiger partial charge in [-0.15, -0.1) is 11.3 Å². The average Bonchev–Trinajstić information content (AvgIpc) is 3.18. The van der Waals surface area contributed by atoms with E-state index < -0.39 is 12.0 Å². The predicted octanol–water partition coefficient (Wildman–Crippen LogP) is 2.62. The van der Waals surface area contributed by atoms with Gasteiger partial charge in [0.1, 0.15) is 0 Å². The Labute approximate surface area is 167 Å². The highest BCUT2D eigenvalue weighted by Crippen LogP contribution is 2.31. The summed E-state index contributed by atoms with van der Waals surface area (Å²) in [6.07, 6.45) is 1.64. The van der Waals surface area contributed by atoms with Crippen LogP contribution < -0.4 is 0 Å². The number of carboxylic acid groups (broad SMARTS) is 1. The molecule has 1 unspecified atom stereocenters. The SMILES string of the molecule is O=C(O)C1c2ccccc2CCN1C(=O)CCC(=O)N1CCc2sccc2C1. The second kappa shape index (κ2) is 7.75. The van der Waals surface area contributed by atoms with Gasteiger partial charge >= 0.3 is 5.97 Å². The number of carboxylic acids is 1. The minimum absolute atomic E-state index is 0.0395. The van der Waals surface area contributed by atoms with Crippen molar-refractivity contribution in [2.45, 2.75) is 38.3 Å². The van der Waals surface area contributed by atoms with Crippen LogP contribution in [-0.2, 0) is 33.8 Å². The quantitative estimate of drug-likeness (QED) is 0.859. The molecule has 0 saturated carbocycles. The van der Waals surface area contributed by atoms with Gasteiger partial charge in [-0.25, -0.2) is 4.79 Å². The maximum Gasteiger partial charge on any atom is 0.331 e. The third kappa shape index (κ3) is 3.54. The van der Waals surface area contributed by atoms with Crippen molar-refractivity contribution >= 4 is 29.1 Å². The molecule has 0 aliphatic carbocycles. The van der Waals surface area contributed by atoms with Gasteiger partial charge in [0.15, 0.2) is 6.04 Å². The minimum atomic E-state index is -1.03. The summed E-state index contributed by atoms with van der Waals surface area (Å²) in [5, 5.41) is 11.7. The van der Waals surface area contributed by atoms with Gasteiger partial charge in [0.05, 0.1) is 0 Å². The van der Waals surface area contributed by atoms with Crippen molar-refractivity contribution in [1.82, 2.24) is 9.80 Å². The zero-order chi connectivity index (χ0) is 19.7. The molecule has 4 rings (SSSR count). The second-order valence-corrected chi connectivity index (χ2v) is 8.21. The zero-order valence-corrected chi connectivity index (χ0v) is 16.3. The van der Waals surface area contributed by atoms with Gasteiger partial charge in [-0.3, -0.25) is 9.59 Å². The van der Waals surface area contributed by atoms with Crippen molar-refractivity contribution in [3.63, 3.8) is 0 Å². The number of rotatable bonds is 4. The molecule has 146 valence electrons. The van der Waals surface area contributed by atoms with E-state index in [-0.39, 0.29) is 24.7 Å². The van der Waals surface area contributed by atoms with Crippen molar-refractivity contribution in [2.24, 2.45) is 0 Å². The fraction of sp³-hybridized carbons (Fsp3) is 0.381. The zero-order valence-electron chi connectivity index (χ0n) is 15.5. The lowest BCUT2D eigenvalue weighted by atomic mass is 9.92. The first-order chi connectivity index (χ1) is 13.5. The van der Waals surface area contributed by atoms with E-state index in [2.05, 4.69) is 0 Å². The van der Waals surface area contributed by atoms with Crippen LogP contribution in [-0.4, -0.2) is 45.8 Å². The summed E-state index contributed by atoms with van der Waals surface area (Å²) in [6.45, 7) is 1.64. The monoisotopic (exact) mass is 398 g/mol. The molecule has 1 N–H and O–H groups in total. The molecule has 1 aromatic heterocycles. The van der Waals surface area contributed by atoms with E-state index in [1.54, 1.807) is 28.4 Å². The summed E-state index contributed by atoms with van der Waals surface area (Å²) in [6, 6.07) is 8.42. The molecule has 7 heteroatoms. The molecule has 0 bridgehead atoms. The number of benzene rings is 1. The van der Waals surface area contributed by atoms with Gasteiger partial charge in [0.25, 0.3) is 0 Å². The average molecular weight is 398 g/mol. The number of carbonyl (C=O) groups is 3. The third-order valence-electron chi connectivity index (χ3n) is 5.55. The predicted molar refractivity (Wildman–Crippen MR) is 105 cm³/mol. The number of carbonyl (C=O) groups excluding carboxylic acids is 2. The fourth-order valence-electron chi connectivity index (χ4n) is 4.08. The Bertz CT molecular complexity index is 923. The van der Waals surface area contributed by atoms with Gasteiger partial charge in [-0.1, -0.05) is 24.3 Å². The van der Waals surface area contributed by atoms with E-state index in [9.17, 15) is 19.5 Å². The highest BCUT2D eigenvalue weighted by molar-refractivity contribution is 7.10. The first kappa shape index (κ1) is 18.7. The number of nitrogens with zero attached hydrogens (tertiary/aromatic N) is 2. The Morgan fingerprint density at radius 3 is 2.61 bits per heavy atom. The van der Waals surface area contributed by atoms with E-state index in [1.165, 1.54) is 15.3 Å². The van der Waals surface area contributed by atoms with E-state index in [1.807, 2.05) is 23.6 Å². The number of hydrogen-bond acceptors (Lipinski definition) is 4. The van der Waals surface area contributed by atoms with Crippen LogP contribution in [0.25, 0.3) is 0 Å². The molecule has 0 fully saturated rings. The molecule has 1 atom stereocenters. The summed E-state index contributed by atoms with van der Waals surface area (Å²) in [5.41, 5.74) is 2.83. The molecule has 2 aliphatic rings. The molecule has 1 aromatic carbocycles. The Hall–Kier alpha value is -2.67. The summed E-state index contributed by atoms with van der Waals surface area (Å²) >= 11 is 1.72. The number of thiophene rings is 1. The van der Waals surface area contributed by atoms with Crippen LogP contribution >= 0.6 is 11.3 Å². The Morgan fingerprint density at radius 1 is 1.00 bits per heavy atom. The second-order valence-electron chi connectivity index (χ2n) is 7.21. The molecule has 2 aromatic rings. The smallest absolute Gasteiger partial charge is 0.331 e. The van der Waals surface area contributed by atoms with Crippen molar-refractivity contribution in [2.75, 3.05) is 13.1 Å². The maximum absolute atomic E-state index is 12.8. The van der Waals surface area contributed by atoms with Crippen LogP contribution in [0.2, 0.25) is 0 Å². The van der Waals surface area contributed by atoms with Gasteiger partial charge in [-0.2, -0.15) is 0 Å². The van der Waals surface area contributed by atoms with Crippen LogP contribution in [0, 0.1) is 0 Å². The highest BCUT2D eigenvalue weighted by atomic mass is 32.1. The Balaban J connectivity index is 1.40. The minimum Gasteiger partial charge on any atom is -0.479 e.